The van der Waals surface area contributed by atoms with Crippen LogP contribution in [0.5, 0.6) is 5.75 Å². The van der Waals surface area contributed by atoms with Gasteiger partial charge in [-0.15, -0.1) is 11.3 Å². The number of thiazole rings is 1. The Labute approximate surface area is 125 Å². The van der Waals surface area contributed by atoms with E-state index in [1.165, 1.54) is 11.3 Å². The molecule has 0 spiro atoms. The SMILES string of the molecule is N#Cc1ccccc1OCc1csc(-c2ncccn2)n1. The van der Waals surface area contributed by atoms with Crippen LogP contribution in [0, 0.1) is 11.3 Å². The zero-order chi connectivity index (χ0) is 14.5. The molecule has 0 aliphatic heterocycles. The largest absolute Gasteiger partial charge is 0.486 e. The van der Waals surface area contributed by atoms with E-state index in [0.29, 0.717) is 23.7 Å². The van der Waals surface area contributed by atoms with E-state index in [2.05, 4.69) is 21.0 Å². The minimum absolute atomic E-state index is 0.308. The van der Waals surface area contributed by atoms with Gasteiger partial charge in [-0.1, -0.05) is 12.1 Å². The van der Waals surface area contributed by atoms with Crippen molar-refractivity contribution in [2.24, 2.45) is 0 Å². The van der Waals surface area contributed by atoms with E-state index < -0.39 is 0 Å². The van der Waals surface area contributed by atoms with Crippen LogP contribution in [0.2, 0.25) is 0 Å². The molecule has 6 heteroatoms. The van der Waals surface area contributed by atoms with Crippen molar-refractivity contribution >= 4 is 11.3 Å². The van der Waals surface area contributed by atoms with Gasteiger partial charge in [-0.3, -0.25) is 0 Å². The molecule has 2 aromatic heterocycles. The lowest BCUT2D eigenvalue weighted by Gasteiger charge is -2.05. The normalized spacial score (nSPS) is 10.0. The Morgan fingerprint density at radius 3 is 2.76 bits per heavy atom. The number of nitriles is 1. The van der Waals surface area contributed by atoms with Gasteiger partial charge in [-0.25, -0.2) is 15.0 Å². The highest BCUT2D eigenvalue weighted by molar-refractivity contribution is 7.13. The smallest absolute Gasteiger partial charge is 0.188 e. The maximum atomic E-state index is 9.01. The van der Waals surface area contributed by atoms with Crippen molar-refractivity contribution in [3.63, 3.8) is 0 Å². The number of rotatable bonds is 4. The average molecular weight is 294 g/mol. The summed E-state index contributed by atoms with van der Waals surface area (Å²) >= 11 is 1.47. The number of para-hydroxylation sites is 1. The summed E-state index contributed by atoms with van der Waals surface area (Å²) in [6.45, 7) is 0.308. The van der Waals surface area contributed by atoms with Gasteiger partial charge >= 0.3 is 0 Å². The number of hydrogen-bond acceptors (Lipinski definition) is 6. The first-order valence-electron chi connectivity index (χ1n) is 6.20. The highest BCUT2D eigenvalue weighted by Gasteiger charge is 2.08. The van der Waals surface area contributed by atoms with Gasteiger partial charge in [0.25, 0.3) is 0 Å². The number of nitrogens with zero attached hydrogens (tertiary/aromatic N) is 4. The fraction of sp³-hybridized carbons (Fsp3) is 0.0667. The van der Waals surface area contributed by atoms with Crippen LogP contribution < -0.4 is 4.74 Å². The van der Waals surface area contributed by atoms with Crippen LogP contribution >= 0.6 is 11.3 Å². The lowest BCUT2D eigenvalue weighted by Crippen LogP contribution is -1.97. The standard InChI is InChI=1S/C15H10N4OS/c16-8-11-4-1-2-5-13(11)20-9-12-10-21-15(19-12)14-17-6-3-7-18-14/h1-7,10H,9H2. The summed E-state index contributed by atoms with van der Waals surface area (Å²) in [7, 11) is 0. The van der Waals surface area contributed by atoms with Gasteiger partial charge in [0.2, 0.25) is 0 Å². The third-order valence-corrected chi connectivity index (χ3v) is 3.58. The van der Waals surface area contributed by atoms with Gasteiger partial charge in [0.15, 0.2) is 10.8 Å². The first kappa shape index (κ1) is 13.2. The van der Waals surface area contributed by atoms with Crippen LogP contribution in [0.15, 0.2) is 48.1 Å². The third-order valence-electron chi connectivity index (χ3n) is 2.69. The molecule has 1 aromatic carbocycles. The first-order valence-corrected chi connectivity index (χ1v) is 7.08. The topological polar surface area (TPSA) is 71.7 Å². The zero-order valence-corrected chi connectivity index (χ0v) is 11.7. The Bertz CT molecular complexity index is 780. The molecule has 21 heavy (non-hydrogen) atoms. The van der Waals surface area contributed by atoms with E-state index in [1.54, 1.807) is 36.7 Å². The average Bonchev–Trinajstić information content (AvgIpc) is 3.03. The van der Waals surface area contributed by atoms with Gasteiger partial charge in [0.05, 0.1) is 11.3 Å². The summed E-state index contributed by atoms with van der Waals surface area (Å²) in [5.41, 5.74) is 1.30. The molecule has 3 rings (SSSR count). The van der Waals surface area contributed by atoms with Gasteiger partial charge in [-0.05, 0) is 18.2 Å². The summed E-state index contributed by atoms with van der Waals surface area (Å²) in [6, 6.07) is 11.0. The molecule has 0 atom stereocenters. The van der Waals surface area contributed by atoms with Gasteiger partial charge in [0.1, 0.15) is 18.4 Å². The molecule has 0 radical (unpaired) electrons. The number of ether oxygens (including phenoxy) is 1. The van der Waals surface area contributed by atoms with E-state index in [9.17, 15) is 0 Å². The van der Waals surface area contributed by atoms with Crippen molar-refractivity contribution in [3.05, 3.63) is 59.4 Å². The molecule has 0 unspecified atom stereocenters. The quantitative estimate of drug-likeness (QED) is 0.739. The zero-order valence-electron chi connectivity index (χ0n) is 10.9. The lowest BCUT2D eigenvalue weighted by atomic mass is 10.2. The highest BCUT2D eigenvalue weighted by atomic mass is 32.1. The van der Waals surface area contributed by atoms with Gasteiger partial charge in [0, 0.05) is 17.8 Å². The molecule has 0 aliphatic rings. The molecule has 0 amide bonds. The Kier molecular flexibility index (Phi) is 3.85. The predicted octanol–water partition coefficient (Wildman–Crippen LogP) is 3.05. The van der Waals surface area contributed by atoms with Gasteiger partial charge < -0.3 is 4.74 Å². The Morgan fingerprint density at radius 2 is 1.95 bits per heavy atom. The van der Waals surface area contributed by atoms with Crippen LogP contribution in [0.25, 0.3) is 10.8 Å². The Morgan fingerprint density at radius 1 is 1.14 bits per heavy atom. The molecule has 0 fully saturated rings. The van der Waals surface area contributed by atoms with Crippen molar-refractivity contribution < 1.29 is 4.74 Å². The molecule has 0 bridgehead atoms. The van der Waals surface area contributed by atoms with E-state index in [0.717, 1.165) is 10.7 Å². The number of hydrogen-bond donors (Lipinski definition) is 0. The second kappa shape index (κ2) is 6.11. The minimum Gasteiger partial charge on any atom is -0.486 e. The van der Waals surface area contributed by atoms with Crippen LogP contribution in [0.1, 0.15) is 11.3 Å². The second-order valence-electron chi connectivity index (χ2n) is 4.11. The summed E-state index contributed by atoms with van der Waals surface area (Å²) in [5, 5.41) is 11.7. The van der Waals surface area contributed by atoms with Crippen molar-refractivity contribution in [1.82, 2.24) is 15.0 Å². The minimum atomic E-state index is 0.308. The molecule has 0 saturated carbocycles. The molecule has 102 valence electrons. The predicted molar refractivity (Wildman–Crippen MR) is 78.6 cm³/mol. The van der Waals surface area contributed by atoms with E-state index in [4.69, 9.17) is 10.00 Å². The van der Waals surface area contributed by atoms with Crippen molar-refractivity contribution in [2.75, 3.05) is 0 Å². The maximum absolute atomic E-state index is 9.01. The highest BCUT2D eigenvalue weighted by Crippen LogP contribution is 2.22. The molecular formula is C15H10N4OS. The fourth-order valence-corrected chi connectivity index (χ4v) is 2.47. The summed E-state index contributed by atoms with van der Waals surface area (Å²) < 4.78 is 5.64. The van der Waals surface area contributed by atoms with E-state index >= 15 is 0 Å². The lowest BCUT2D eigenvalue weighted by molar-refractivity contribution is 0.301. The second-order valence-corrected chi connectivity index (χ2v) is 4.97. The molecule has 0 aliphatic carbocycles. The molecule has 2 heterocycles. The summed E-state index contributed by atoms with van der Waals surface area (Å²) in [5.74, 6) is 1.16. The maximum Gasteiger partial charge on any atom is 0.188 e. The third kappa shape index (κ3) is 3.04. The van der Waals surface area contributed by atoms with Crippen molar-refractivity contribution in [2.45, 2.75) is 6.61 Å². The summed E-state index contributed by atoms with van der Waals surface area (Å²) in [4.78, 5) is 12.8. The van der Waals surface area contributed by atoms with E-state index in [1.807, 2.05) is 11.4 Å². The van der Waals surface area contributed by atoms with E-state index in [-0.39, 0.29) is 0 Å². The van der Waals surface area contributed by atoms with Crippen LogP contribution in [-0.2, 0) is 6.61 Å². The molecule has 0 N–H and O–H groups in total. The Balaban J connectivity index is 1.72. The molecule has 5 nitrogen and oxygen atoms in total. The van der Waals surface area contributed by atoms with Crippen molar-refractivity contribution in [1.29, 1.82) is 5.26 Å². The van der Waals surface area contributed by atoms with Gasteiger partial charge in [-0.2, -0.15) is 5.26 Å². The number of aromatic nitrogens is 3. The fourth-order valence-electron chi connectivity index (χ4n) is 1.72. The summed E-state index contributed by atoms with van der Waals surface area (Å²) in [6.07, 6.45) is 3.37. The first-order chi connectivity index (χ1) is 10.4. The number of benzene rings is 1. The van der Waals surface area contributed by atoms with Crippen molar-refractivity contribution in [3.8, 4) is 22.7 Å². The molecular weight excluding hydrogens is 284 g/mol. The van der Waals surface area contributed by atoms with Crippen LogP contribution in [0.4, 0.5) is 0 Å². The molecule has 3 aromatic rings. The van der Waals surface area contributed by atoms with Crippen LogP contribution in [0.3, 0.4) is 0 Å². The monoisotopic (exact) mass is 294 g/mol. The van der Waals surface area contributed by atoms with Crippen LogP contribution in [-0.4, -0.2) is 15.0 Å². The Hall–Kier alpha value is -2.78. The molecule has 0 saturated heterocycles.